The summed E-state index contributed by atoms with van der Waals surface area (Å²) in [4.78, 5) is 15.1. The van der Waals surface area contributed by atoms with Crippen LogP contribution in [0.1, 0.15) is 18.3 Å². The number of alkyl halides is 3. The molecule has 1 atom stereocenters. The number of halogens is 3. The highest BCUT2D eigenvalue weighted by atomic mass is 32.2. The number of nitrogens with one attached hydrogen (secondary N) is 1. The third-order valence-corrected chi connectivity index (χ3v) is 8.70. The summed E-state index contributed by atoms with van der Waals surface area (Å²) in [7, 11) is -2.16. The van der Waals surface area contributed by atoms with Gasteiger partial charge < -0.3 is 5.32 Å². The molecule has 4 heterocycles. The number of pyridine rings is 1. The van der Waals surface area contributed by atoms with E-state index in [1.807, 2.05) is 6.92 Å². The number of para-hydroxylation sites is 1. The summed E-state index contributed by atoms with van der Waals surface area (Å²) in [5, 5.41) is 7.57. The first-order valence-electron chi connectivity index (χ1n) is 12.7. The largest absolute Gasteiger partial charge is 0.435 e. The van der Waals surface area contributed by atoms with Crippen LogP contribution in [0.3, 0.4) is 0 Å². The van der Waals surface area contributed by atoms with E-state index >= 15 is 0 Å². The number of aryl methyl sites for hydroxylation is 2. The molecular formula is C26H29F3N8O2S. The molecule has 0 bridgehead atoms. The Morgan fingerprint density at radius 3 is 2.45 bits per heavy atom. The number of hydrogen-bond acceptors (Lipinski definition) is 8. The number of benzene rings is 1. The van der Waals surface area contributed by atoms with Crippen molar-refractivity contribution < 1.29 is 21.6 Å². The highest BCUT2D eigenvalue weighted by molar-refractivity contribution is 7.89. The number of anilines is 1. The number of fused-ring (bicyclic) bond motifs is 1. The van der Waals surface area contributed by atoms with Crippen molar-refractivity contribution in [3.63, 3.8) is 0 Å². The summed E-state index contributed by atoms with van der Waals surface area (Å²) >= 11 is 0. The SMILES string of the molecule is Cc1ccc(S(=O)(=O)N2CCN(CC(C)Nc3ncnc4c(-c5cn(C)nc5C(F)(F)F)cccc34)CC2)cn1. The van der Waals surface area contributed by atoms with Crippen molar-refractivity contribution in [3.05, 3.63) is 60.4 Å². The molecule has 1 aliphatic heterocycles. The highest BCUT2D eigenvalue weighted by Gasteiger charge is 2.38. The van der Waals surface area contributed by atoms with E-state index in [1.54, 1.807) is 37.3 Å². The number of piperazine rings is 1. The van der Waals surface area contributed by atoms with Crippen LogP contribution in [0.2, 0.25) is 0 Å². The predicted molar refractivity (Wildman–Crippen MR) is 144 cm³/mol. The first-order valence-corrected chi connectivity index (χ1v) is 14.1. The maximum absolute atomic E-state index is 13.6. The van der Waals surface area contributed by atoms with Gasteiger partial charge in [-0.15, -0.1) is 0 Å². The molecule has 0 amide bonds. The molecule has 1 fully saturated rings. The molecular weight excluding hydrogens is 545 g/mol. The minimum Gasteiger partial charge on any atom is -0.366 e. The lowest BCUT2D eigenvalue weighted by Gasteiger charge is -2.35. The van der Waals surface area contributed by atoms with E-state index in [-0.39, 0.29) is 16.5 Å². The summed E-state index contributed by atoms with van der Waals surface area (Å²) in [5.41, 5.74) is 0.435. The molecule has 0 spiro atoms. The molecule has 0 radical (unpaired) electrons. The van der Waals surface area contributed by atoms with Crippen molar-refractivity contribution in [2.45, 2.75) is 31.0 Å². The van der Waals surface area contributed by atoms with Crippen molar-refractivity contribution in [1.82, 2.24) is 33.9 Å². The van der Waals surface area contributed by atoms with Gasteiger partial charge in [-0.2, -0.15) is 22.6 Å². The van der Waals surface area contributed by atoms with Crippen LogP contribution >= 0.6 is 0 Å². The van der Waals surface area contributed by atoms with Gasteiger partial charge in [-0.25, -0.2) is 18.4 Å². The molecule has 212 valence electrons. The van der Waals surface area contributed by atoms with E-state index in [0.29, 0.717) is 55.0 Å². The zero-order valence-electron chi connectivity index (χ0n) is 22.2. The second kappa shape index (κ2) is 10.7. The van der Waals surface area contributed by atoms with E-state index in [0.717, 1.165) is 10.4 Å². The quantitative estimate of drug-likeness (QED) is 0.357. The van der Waals surface area contributed by atoms with Crippen LogP contribution < -0.4 is 5.32 Å². The molecule has 1 N–H and O–H groups in total. The molecule has 40 heavy (non-hydrogen) atoms. The normalized spacial score (nSPS) is 16.4. The fraction of sp³-hybridized carbons (Fsp3) is 0.385. The molecule has 0 aliphatic carbocycles. The standard InChI is InChI=1S/C26H29F3N8O2S/c1-17-7-8-19(13-30-17)40(38,39)37-11-9-36(10-12-37)14-18(2)33-25-21-6-4-5-20(23(21)31-16-32-25)22-15-35(3)34-24(22)26(27,28)29/h4-8,13,15-16,18H,9-12,14H2,1-3H3,(H,31,32,33). The lowest BCUT2D eigenvalue weighted by atomic mass is 10.0. The summed E-state index contributed by atoms with van der Waals surface area (Å²) in [6.45, 7) is 6.22. The van der Waals surface area contributed by atoms with Gasteiger partial charge in [-0.05, 0) is 32.0 Å². The molecule has 10 nitrogen and oxygen atoms in total. The Hall–Kier alpha value is -3.62. The summed E-state index contributed by atoms with van der Waals surface area (Å²) < 4.78 is 69.5. The van der Waals surface area contributed by atoms with Crippen LogP contribution in [-0.4, -0.2) is 81.1 Å². The predicted octanol–water partition coefficient (Wildman–Crippen LogP) is 3.56. The van der Waals surface area contributed by atoms with Crippen LogP contribution in [0.4, 0.5) is 19.0 Å². The molecule has 4 aromatic rings. The third kappa shape index (κ3) is 5.64. The Labute approximate surface area is 229 Å². The average Bonchev–Trinajstić information content (AvgIpc) is 3.31. The van der Waals surface area contributed by atoms with E-state index < -0.39 is 21.9 Å². The molecule has 1 aromatic carbocycles. The van der Waals surface area contributed by atoms with Crippen molar-refractivity contribution >= 4 is 26.7 Å². The Kier molecular flexibility index (Phi) is 7.50. The van der Waals surface area contributed by atoms with Crippen molar-refractivity contribution in [3.8, 4) is 11.1 Å². The first kappa shape index (κ1) is 27.9. The van der Waals surface area contributed by atoms with E-state index in [9.17, 15) is 21.6 Å². The van der Waals surface area contributed by atoms with Crippen LogP contribution in [-0.2, 0) is 23.2 Å². The lowest BCUT2D eigenvalue weighted by molar-refractivity contribution is -0.140. The van der Waals surface area contributed by atoms with Gasteiger partial charge in [0.25, 0.3) is 0 Å². The van der Waals surface area contributed by atoms with Gasteiger partial charge in [-0.3, -0.25) is 14.6 Å². The van der Waals surface area contributed by atoms with E-state index in [2.05, 4.69) is 30.3 Å². The average molecular weight is 575 g/mol. The van der Waals surface area contributed by atoms with Gasteiger partial charge in [0.05, 0.1) is 5.52 Å². The second-order valence-electron chi connectivity index (χ2n) is 9.87. The molecule has 14 heteroatoms. The molecule has 0 saturated carbocycles. The van der Waals surface area contributed by atoms with Gasteiger partial charge in [0.2, 0.25) is 10.0 Å². The summed E-state index contributed by atoms with van der Waals surface area (Å²) in [6, 6.07) is 8.20. The molecule has 1 saturated heterocycles. The zero-order chi connectivity index (χ0) is 28.7. The Morgan fingerprint density at radius 2 is 1.77 bits per heavy atom. The van der Waals surface area contributed by atoms with Gasteiger partial charge in [0.15, 0.2) is 5.69 Å². The Bertz CT molecular complexity index is 1620. The van der Waals surface area contributed by atoms with Crippen LogP contribution in [0.25, 0.3) is 22.0 Å². The minimum absolute atomic E-state index is 0.0486. The van der Waals surface area contributed by atoms with E-state index in [1.165, 1.54) is 30.1 Å². The van der Waals surface area contributed by atoms with E-state index in [4.69, 9.17) is 0 Å². The number of hydrogen-bond donors (Lipinski definition) is 1. The molecule has 5 rings (SSSR count). The van der Waals surface area contributed by atoms with Gasteiger partial charge >= 0.3 is 6.18 Å². The van der Waals surface area contributed by atoms with Gasteiger partial charge in [-0.1, -0.05) is 12.1 Å². The Morgan fingerprint density at radius 1 is 1.02 bits per heavy atom. The topological polar surface area (TPSA) is 109 Å². The summed E-state index contributed by atoms with van der Waals surface area (Å²) in [5.74, 6) is 0.505. The number of aromatic nitrogens is 5. The second-order valence-corrected chi connectivity index (χ2v) is 11.8. The Balaban J connectivity index is 1.28. The molecule has 3 aromatic heterocycles. The van der Waals surface area contributed by atoms with Crippen LogP contribution in [0.15, 0.2) is 53.9 Å². The summed E-state index contributed by atoms with van der Waals surface area (Å²) in [6.07, 6.45) is -0.556. The van der Waals surface area contributed by atoms with Crippen molar-refractivity contribution in [1.29, 1.82) is 0 Å². The smallest absolute Gasteiger partial charge is 0.366 e. The van der Waals surface area contributed by atoms with Crippen molar-refractivity contribution in [2.75, 3.05) is 38.0 Å². The van der Waals surface area contributed by atoms with Gasteiger partial charge in [0, 0.05) is 80.4 Å². The maximum Gasteiger partial charge on any atom is 0.435 e. The number of rotatable bonds is 7. The molecule has 1 unspecified atom stereocenters. The zero-order valence-corrected chi connectivity index (χ0v) is 23.0. The van der Waals surface area contributed by atoms with Crippen LogP contribution in [0, 0.1) is 6.92 Å². The highest BCUT2D eigenvalue weighted by Crippen LogP contribution is 2.38. The number of nitrogens with zero attached hydrogens (tertiary/aromatic N) is 7. The fourth-order valence-corrected chi connectivity index (χ4v) is 6.26. The number of sulfonamides is 1. The first-order chi connectivity index (χ1) is 18.9. The monoisotopic (exact) mass is 574 g/mol. The maximum atomic E-state index is 13.6. The minimum atomic E-state index is -4.61. The third-order valence-electron chi connectivity index (χ3n) is 6.82. The van der Waals surface area contributed by atoms with Gasteiger partial charge in [0.1, 0.15) is 17.0 Å². The molecule has 1 aliphatic rings. The lowest BCUT2D eigenvalue weighted by Crippen LogP contribution is -2.50. The fourth-order valence-electron chi connectivity index (χ4n) is 4.89. The van der Waals surface area contributed by atoms with Crippen LogP contribution in [0.5, 0.6) is 0 Å². The van der Waals surface area contributed by atoms with Crippen molar-refractivity contribution in [2.24, 2.45) is 7.05 Å².